The zero-order valence-electron chi connectivity index (χ0n) is 11.8. The van der Waals surface area contributed by atoms with Crippen LogP contribution in [0.15, 0.2) is 59.7 Å². The van der Waals surface area contributed by atoms with Gasteiger partial charge in [0.2, 0.25) is 0 Å². The molecule has 0 spiro atoms. The third-order valence-corrected chi connectivity index (χ3v) is 3.24. The van der Waals surface area contributed by atoms with Crippen LogP contribution in [0.3, 0.4) is 0 Å². The number of carbonyl (C=O) groups is 1. The van der Waals surface area contributed by atoms with E-state index in [1.54, 1.807) is 24.3 Å². The Hall–Kier alpha value is -2.13. The number of benzene rings is 2. The van der Waals surface area contributed by atoms with Gasteiger partial charge in [0.1, 0.15) is 0 Å². The highest BCUT2D eigenvalue weighted by Gasteiger charge is 2.06. The molecule has 21 heavy (non-hydrogen) atoms. The predicted octanol–water partition coefficient (Wildman–Crippen LogP) is 4.27. The third-order valence-electron chi connectivity index (χ3n) is 2.99. The largest absolute Gasteiger partial charge is 0.271 e. The summed E-state index contributed by atoms with van der Waals surface area (Å²) in [4.78, 5) is 12.0. The number of carbonyl (C=O) groups excluding carboxylic acids is 1. The Morgan fingerprint density at radius 2 is 1.71 bits per heavy atom. The van der Waals surface area contributed by atoms with Crippen molar-refractivity contribution in [1.82, 2.24) is 5.43 Å². The first-order valence-corrected chi connectivity index (χ1v) is 7.26. The Labute approximate surface area is 129 Å². The molecule has 0 aliphatic heterocycles. The summed E-state index contributed by atoms with van der Waals surface area (Å²) in [6, 6.07) is 16.6. The second kappa shape index (κ2) is 7.60. The molecule has 0 bridgehead atoms. The quantitative estimate of drug-likeness (QED) is 0.650. The van der Waals surface area contributed by atoms with Crippen molar-refractivity contribution in [2.75, 3.05) is 0 Å². The number of halogens is 1. The van der Waals surface area contributed by atoms with Crippen LogP contribution in [0.1, 0.15) is 35.7 Å². The lowest BCUT2D eigenvalue weighted by atomic mass is 10.1. The van der Waals surface area contributed by atoms with Gasteiger partial charge >= 0.3 is 0 Å². The van der Waals surface area contributed by atoms with Crippen molar-refractivity contribution < 1.29 is 4.79 Å². The second-order valence-corrected chi connectivity index (χ2v) is 5.06. The van der Waals surface area contributed by atoms with Gasteiger partial charge in [-0.3, -0.25) is 4.79 Å². The van der Waals surface area contributed by atoms with Crippen molar-refractivity contribution >= 4 is 23.2 Å². The molecule has 0 aliphatic rings. The van der Waals surface area contributed by atoms with Crippen LogP contribution in [-0.4, -0.2) is 11.6 Å². The van der Waals surface area contributed by atoms with Gasteiger partial charge in [0.15, 0.2) is 0 Å². The summed E-state index contributed by atoms with van der Waals surface area (Å²) < 4.78 is 0. The summed E-state index contributed by atoms with van der Waals surface area (Å²) in [5, 5.41) is 4.87. The highest BCUT2D eigenvalue weighted by atomic mass is 35.5. The fourth-order valence-corrected chi connectivity index (χ4v) is 2.04. The smallest absolute Gasteiger partial charge is 0.267 e. The van der Waals surface area contributed by atoms with E-state index in [-0.39, 0.29) is 5.91 Å². The molecule has 0 aliphatic carbocycles. The first-order valence-electron chi connectivity index (χ1n) is 6.88. The van der Waals surface area contributed by atoms with E-state index in [4.69, 9.17) is 11.6 Å². The molecule has 108 valence electrons. The van der Waals surface area contributed by atoms with Crippen LogP contribution in [0.4, 0.5) is 0 Å². The number of nitrogens with one attached hydrogen (secondary N) is 1. The lowest BCUT2D eigenvalue weighted by Crippen LogP contribution is -2.20. The zero-order chi connectivity index (χ0) is 15.1. The van der Waals surface area contributed by atoms with Crippen LogP contribution < -0.4 is 5.43 Å². The molecule has 0 aromatic heterocycles. The first-order chi connectivity index (χ1) is 10.2. The van der Waals surface area contributed by atoms with Crippen molar-refractivity contribution in [2.45, 2.75) is 19.8 Å². The third kappa shape index (κ3) is 4.43. The molecule has 0 unspecified atom stereocenters. The number of hydrazone groups is 1. The van der Waals surface area contributed by atoms with E-state index in [1.807, 2.05) is 30.3 Å². The molecule has 3 nitrogen and oxygen atoms in total. The van der Waals surface area contributed by atoms with Crippen molar-refractivity contribution in [3.05, 3.63) is 70.7 Å². The van der Waals surface area contributed by atoms with E-state index >= 15 is 0 Å². The minimum atomic E-state index is -0.240. The van der Waals surface area contributed by atoms with Gasteiger partial charge in [-0.2, -0.15) is 5.10 Å². The Balaban J connectivity index is 2.12. The van der Waals surface area contributed by atoms with Crippen LogP contribution in [0.25, 0.3) is 0 Å². The molecule has 0 saturated carbocycles. The summed E-state index contributed by atoms with van der Waals surface area (Å²) in [5.41, 5.74) is 5.04. The lowest BCUT2D eigenvalue weighted by Gasteiger charge is -2.06. The molecule has 0 atom stereocenters. The van der Waals surface area contributed by atoms with Gasteiger partial charge in [-0.05, 0) is 36.2 Å². The van der Waals surface area contributed by atoms with Gasteiger partial charge in [0.05, 0.1) is 5.71 Å². The summed E-state index contributed by atoms with van der Waals surface area (Å²) >= 11 is 5.81. The summed E-state index contributed by atoms with van der Waals surface area (Å²) in [7, 11) is 0. The lowest BCUT2D eigenvalue weighted by molar-refractivity contribution is 0.0955. The molecule has 1 amide bonds. The number of hydrogen-bond donors (Lipinski definition) is 1. The van der Waals surface area contributed by atoms with E-state index in [0.717, 1.165) is 24.1 Å². The van der Waals surface area contributed by atoms with Crippen molar-refractivity contribution in [3.63, 3.8) is 0 Å². The Kier molecular flexibility index (Phi) is 5.52. The average Bonchev–Trinajstić information content (AvgIpc) is 2.52. The summed E-state index contributed by atoms with van der Waals surface area (Å²) in [6.07, 6.45) is 1.77. The van der Waals surface area contributed by atoms with Gasteiger partial charge in [-0.25, -0.2) is 5.43 Å². The minimum Gasteiger partial charge on any atom is -0.267 e. The standard InChI is InChI=1S/C17H17ClN2O/c1-2-6-16(13-7-4-3-5-8-13)19-20-17(21)14-9-11-15(18)12-10-14/h3-5,7-12H,2,6H2,1H3,(H,20,21). The number of rotatable bonds is 5. The van der Waals surface area contributed by atoms with Crippen molar-refractivity contribution in [3.8, 4) is 0 Å². The molecule has 4 heteroatoms. The predicted molar refractivity (Wildman–Crippen MR) is 86.8 cm³/mol. The first kappa shape index (κ1) is 15.3. The van der Waals surface area contributed by atoms with Crippen LogP contribution in [-0.2, 0) is 0 Å². The molecule has 2 aromatic rings. The maximum Gasteiger partial charge on any atom is 0.271 e. The molecule has 0 saturated heterocycles. The van der Waals surface area contributed by atoms with Crippen molar-refractivity contribution in [1.29, 1.82) is 0 Å². The molecule has 1 N–H and O–H groups in total. The Bertz CT molecular complexity index is 621. The Morgan fingerprint density at radius 3 is 2.33 bits per heavy atom. The molecule has 0 heterocycles. The van der Waals surface area contributed by atoms with E-state index in [9.17, 15) is 4.79 Å². The minimum absolute atomic E-state index is 0.240. The van der Waals surface area contributed by atoms with E-state index in [1.165, 1.54) is 0 Å². The van der Waals surface area contributed by atoms with E-state index in [0.29, 0.717) is 10.6 Å². The normalized spacial score (nSPS) is 11.2. The zero-order valence-corrected chi connectivity index (χ0v) is 12.6. The maximum absolute atomic E-state index is 12.0. The van der Waals surface area contributed by atoms with Gasteiger partial charge in [0.25, 0.3) is 5.91 Å². The topological polar surface area (TPSA) is 41.5 Å². The van der Waals surface area contributed by atoms with Crippen LogP contribution in [0.5, 0.6) is 0 Å². The number of nitrogens with zero attached hydrogens (tertiary/aromatic N) is 1. The van der Waals surface area contributed by atoms with Gasteiger partial charge in [-0.1, -0.05) is 55.3 Å². The second-order valence-electron chi connectivity index (χ2n) is 4.62. The molecular formula is C17H17ClN2O. The summed E-state index contributed by atoms with van der Waals surface area (Å²) in [5.74, 6) is -0.240. The number of hydrogen-bond acceptors (Lipinski definition) is 2. The Morgan fingerprint density at radius 1 is 1.05 bits per heavy atom. The van der Waals surface area contributed by atoms with Crippen LogP contribution in [0, 0.1) is 0 Å². The fourth-order valence-electron chi connectivity index (χ4n) is 1.92. The summed E-state index contributed by atoms with van der Waals surface area (Å²) in [6.45, 7) is 2.08. The monoisotopic (exact) mass is 300 g/mol. The SMILES string of the molecule is CCCC(=NNC(=O)c1ccc(Cl)cc1)c1ccccc1. The van der Waals surface area contributed by atoms with Crippen molar-refractivity contribution in [2.24, 2.45) is 5.10 Å². The maximum atomic E-state index is 12.0. The molecular weight excluding hydrogens is 284 g/mol. The molecule has 2 aromatic carbocycles. The molecule has 0 fully saturated rings. The van der Waals surface area contributed by atoms with Gasteiger partial charge in [-0.15, -0.1) is 0 Å². The molecule has 2 rings (SSSR count). The highest BCUT2D eigenvalue weighted by Crippen LogP contribution is 2.10. The van der Waals surface area contributed by atoms with Gasteiger partial charge in [0, 0.05) is 10.6 Å². The van der Waals surface area contributed by atoms with E-state index < -0.39 is 0 Å². The van der Waals surface area contributed by atoms with Crippen LogP contribution in [0.2, 0.25) is 5.02 Å². The average molecular weight is 301 g/mol. The van der Waals surface area contributed by atoms with E-state index in [2.05, 4.69) is 17.5 Å². The fraction of sp³-hybridized carbons (Fsp3) is 0.176. The molecule has 0 radical (unpaired) electrons. The highest BCUT2D eigenvalue weighted by molar-refractivity contribution is 6.30. The van der Waals surface area contributed by atoms with Crippen LogP contribution >= 0.6 is 11.6 Å². The van der Waals surface area contributed by atoms with Gasteiger partial charge < -0.3 is 0 Å². The number of amides is 1.